The number of nitrogens with zero attached hydrogens (tertiary/aromatic N) is 1. The molecule has 0 aliphatic carbocycles. The molecule has 0 spiro atoms. The zero-order valence-corrected chi connectivity index (χ0v) is 14.9. The highest BCUT2D eigenvalue weighted by molar-refractivity contribution is 7.99. The molecule has 0 aliphatic rings. The monoisotopic (exact) mass is 374 g/mol. The first-order valence-electron chi connectivity index (χ1n) is 7.43. The van der Waals surface area contributed by atoms with Gasteiger partial charge in [0, 0.05) is 11.3 Å². The fraction of sp³-hybridized carbons (Fsp3) is 0.111. The molecule has 7 heteroatoms. The number of methoxy groups -OCH3 is 1. The normalized spacial score (nSPS) is 10.5. The van der Waals surface area contributed by atoms with E-state index in [1.165, 1.54) is 18.9 Å². The molecular formula is C18H15ClN2O3S. The lowest BCUT2D eigenvalue weighted by molar-refractivity contribution is -0.113. The molecule has 1 aromatic heterocycles. The van der Waals surface area contributed by atoms with Gasteiger partial charge in [-0.05, 0) is 18.2 Å². The van der Waals surface area contributed by atoms with Gasteiger partial charge in [-0.1, -0.05) is 53.7 Å². The van der Waals surface area contributed by atoms with Crippen LogP contribution in [0.5, 0.6) is 5.75 Å². The Bertz CT molecular complexity index is 868. The number of oxazole rings is 1. The summed E-state index contributed by atoms with van der Waals surface area (Å²) in [6.07, 6.45) is 1.65. The Labute approximate surface area is 154 Å². The minimum Gasteiger partial charge on any atom is -0.495 e. The molecule has 3 rings (SSSR count). The van der Waals surface area contributed by atoms with Crippen LogP contribution in [0.1, 0.15) is 0 Å². The molecule has 1 heterocycles. The number of anilines is 1. The van der Waals surface area contributed by atoms with E-state index in [1.807, 2.05) is 30.3 Å². The minimum absolute atomic E-state index is 0.175. The average molecular weight is 375 g/mol. The summed E-state index contributed by atoms with van der Waals surface area (Å²) < 4.78 is 10.7. The van der Waals surface area contributed by atoms with Crippen LogP contribution in [0.2, 0.25) is 5.02 Å². The van der Waals surface area contributed by atoms with Crippen LogP contribution in [-0.4, -0.2) is 23.8 Å². The minimum atomic E-state index is -0.175. The van der Waals surface area contributed by atoms with Crippen LogP contribution >= 0.6 is 23.4 Å². The van der Waals surface area contributed by atoms with E-state index in [2.05, 4.69) is 10.3 Å². The lowest BCUT2D eigenvalue weighted by Gasteiger charge is -2.07. The number of carbonyl (C=O) groups excluding carboxylic acids is 1. The lowest BCUT2D eigenvalue weighted by Crippen LogP contribution is -2.13. The molecule has 0 aliphatic heterocycles. The molecule has 0 fully saturated rings. The van der Waals surface area contributed by atoms with Crippen molar-refractivity contribution >= 4 is 35.0 Å². The van der Waals surface area contributed by atoms with Gasteiger partial charge in [0.05, 0.1) is 24.1 Å². The predicted octanol–water partition coefficient (Wildman–Crippen LogP) is 4.73. The van der Waals surface area contributed by atoms with E-state index in [9.17, 15) is 4.79 Å². The van der Waals surface area contributed by atoms with E-state index in [1.54, 1.807) is 24.4 Å². The smallest absolute Gasteiger partial charge is 0.256 e. The summed E-state index contributed by atoms with van der Waals surface area (Å²) in [7, 11) is 1.54. The van der Waals surface area contributed by atoms with Crippen molar-refractivity contribution < 1.29 is 13.9 Å². The summed E-state index contributed by atoms with van der Waals surface area (Å²) in [6.45, 7) is 0. The highest BCUT2D eigenvalue weighted by atomic mass is 35.5. The number of carbonyl (C=O) groups is 1. The lowest BCUT2D eigenvalue weighted by atomic mass is 10.2. The molecule has 0 unspecified atom stereocenters. The molecule has 0 atom stereocenters. The fourth-order valence-electron chi connectivity index (χ4n) is 2.13. The van der Waals surface area contributed by atoms with E-state index >= 15 is 0 Å². The van der Waals surface area contributed by atoms with Crippen LogP contribution in [0.3, 0.4) is 0 Å². The van der Waals surface area contributed by atoms with E-state index in [0.29, 0.717) is 27.4 Å². The van der Waals surface area contributed by atoms with Gasteiger partial charge >= 0.3 is 0 Å². The number of amides is 1. The van der Waals surface area contributed by atoms with Crippen molar-refractivity contribution in [3.8, 4) is 17.1 Å². The van der Waals surface area contributed by atoms with Crippen LogP contribution in [0.25, 0.3) is 11.3 Å². The third-order valence-corrected chi connectivity index (χ3v) is 4.44. The predicted molar refractivity (Wildman–Crippen MR) is 99.3 cm³/mol. The Morgan fingerprint density at radius 1 is 1.28 bits per heavy atom. The van der Waals surface area contributed by atoms with Crippen LogP contribution < -0.4 is 10.1 Å². The number of rotatable bonds is 6. The standard InChI is InChI=1S/C18H15ClN2O3S/c1-23-15-8-7-13(9-14(15)19)21-17(22)11-25-18-20-10-16(24-18)12-5-3-2-4-6-12/h2-10H,11H2,1H3,(H,21,22). The van der Waals surface area contributed by atoms with Crippen molar-refractivity contribution in [2.24, 2.45) is 0 Å². The summed E-state index contributed by atoms with van der Waals surface area (Å²) in [4.78, 5) is 16.2. The van der Waals surface area contributed by atoms with Crippen molar-refractivity contribution in [1.29, 1.82) is 0 Å². The molecular weight excluding hydrogens is 360 g/mol. The summed E-state index contributed by atoms with van der Waals surface area (Å²) in [6, 6.07) is 14.7. The summed E-state index contributed by atoms with van der Waals surface area (Å²) in [5.74, 6) is 1.23. The van der Waals surface area contributed by atoms with Gasteiger partial charge in [0.25, 0.3) is 5.22 Å². The Kier molecular flexibility index (Phi) is 5.63. The number of thioether (sulfide) groups is 1. The quantitative estimate of drug-likeness (QED) is 0.631. The van der Waals surface area contributed by atoms with Gasteiger partial charge in [0.1, 0.15) is 5.75 Å². The van der Waals surface area contributed by atoms with Crippen molar-refractivity contribution in [2.45, 2.75) is 5.22 Å². The summed E-state index contributed by atoms with van der Waals surface area (Å²) in [5.41, 5.74) is 1.55. The van der Waals surface area contributed by atoms with Gasteiger partial charge in [-0.3, -0.25) is 4.79 Å². The topological polar surface area (TPSA) is 64.4 Å². The highest BCUT2D eigenvalue weighted by Gasteiger charge is 2.10. The zero-order valence-electron chi connectivity index (χ0n) is 13.4. The van der Waals surface area contributed by atoms with Gasteiger partial charge < -0.3 is 14.5 Å². The maximum absolute atomic E-state index is 12.1. The van der Waals surface area contributed by atoms with E-state index in [-0.39, 0.29) is 11.7 Å². The van der Waals surface area contributed by atoms with E-state index < -0.39 is 0 Å². The number of nitrogens with one attached hydrogen (secondary N) is 1. The first-order chi connectivity index (χ1) is 12.2. The van der Waals surface area contributed by atoms with Gasteiger partial charge in [0.15, 0.2) is 5.76 Å². The van der Waals surface area contributed by atoms with Crippen LogP contribution in [0, 0.1) is 0 Å². The fourth-order valence-corrected chi connectivity index (χ4v) is 2.99. The molecule has 2 aromatic carbocycles. The van der Waals surface area contributed by atoms with E-state index in [0.717, 1.165) is 5.56 Å². The molecule has 3 aromatic rings. The second-order valence-electron chi connectivity index (χ2n) is 5.04. The Hall–Kier alpha value is -2.44. The molecule has 5 nitrogen and oxygen atoms in total. The third-order valence-electron chi connectivity index (χ3n) is 3.31. The van der Waals surface area contributed by atoms with Gasteiger partial charge in [-0.2, -0.15) is 0 Å². The SMILES string of the molecule is COc1ccc(NC(=O)CSc2ncc(-c3ccccc3)o2)cc1Cl. The van der Waals surface area contributed by atoms with Crippen molar-refractivity contribution in [2.75, 3.05) is 18.2 Å². The molecule has 128 valence electrons. The van der Waals surface area contributed by atoms with E-state index in [4.69, 9.17) is 20.8 Å². The number of halogens is 1. The molecule has 25 heavy (non-hydrogen) atoms. The van der Waals surface area contributed by atoms with Crippen molar-refractivity contribution in [3.63, 3.8) is 0 Å². The zero-order chi connectivity index (χ0) is 17.6. The molecule has 1 amide bonds. The second-order valence-corrected chi connectivity index (χ2v) is 6.38. The average Bonchev–Trinajstić information content (AvgIpc) is 3.10. The number of hydrogen-bond donors (Lipinski definition) is 1. The highest BCUT2D eigenvalue weighted by Crippen LogP contribution is 2.28. The largest absolute Gasteiger partial charge is 0.495 e. The maximum atomic E-state index is 12.1. The van der Waals surface area contributed by atoms with Crippen molar-refractivity contribution in [1.82, 2.24) is 4.98 Å². The molecule has 0 saturated heterocycles. The Balaban J connectivity index is 1.56. The van der Waals surface area contributed by atoms with Crippen molar-refractivity contribution in [3.05, 3.63) is 59.8 Å². The second kappa shape index (κ2) is 8.09. The molecule has 1 N–H and O–H groups in total. The number of aromatic nitrogens is 1. The first-order valence-corrected chi connectivity index (χ1v) is 8.79. The summed E-state index contributed by atoms with van der Waals surface area (Å²) in [5, 5.41) is 3.66. The number of benzene rings is 2. The number of ether oxygens (including phenoxy) is 1. The Morgan fingerprint density at radius 2 is 2.08 bits per heavy atom. The molecule has 0 bridgehead atoms. The van der Waals surface area contributed by atoms with Gasteiger partial charge in [-0.25, -0.2) is 4.98 Å². The first kappa shape index (κ1) is 17.4. The molecule has 0 radical (unpaired) electrons. The maximum Gasteiger partial charge on any atom is 0.256 e. The van der Waals surface area contributed by atoms with Crippen LogP contribution in [0.15, 0.2) is 64.4 Å². The third kappa shape index (κ3) is 4.55. The Morgan fingerprint density at radius 3 is 2.80 bits per heavy atom. The van der Waals surface area contributed by atoms with Gasteiger partial charge in [-0.15, -0.1) is 0 Å². The number of hydrogen-bond acceptors (Lipinski definition) is 5. The van der Waals surface area contributed by atoms with Crippen LogP contribution in [0.4, 0.5) is 5.69 Å². The van der Waals surface area contributed by atoms with Gasteiger partial charge in [0.2, 0.25) is 5.91 Å². The summed E-state index contributed by atoms with van der Waals surface area (Å²) >= 11 is 7.27. The molecule has 0 saturated carbocycles. The van der Waals surface area contributed by atoms with Crippen LogP contribution in [-0.2, 0) is 4.79 Å².